The van der Waals surface area contributed by atoms with Crippen molar-refractivity contribution in [1.29, 1.82) is 0 Å². The molecule has 0 bridgehead atoms. The van der Waals surface area contributed by atoms with Crippen molar-refractivity contribution in [3.8, 4) is 0 Å². The van der Waals surface area contributed by atoms with Crippen molar-refractivity contribution in [1.82, 2.24) is 5.32 Å². The molecule has 0 aromatic heterocycles. The van der Waals surface area contributed by atoms with Crippen LogP contribution < -0.4 is 5.32 Å². The molecule has 0 aromatic carbocycles. The number of aliphatic hydroxyl groups is 2. The standard InChI is InChI=1S/C53H91NO5/c1-4-7-10-13-16-19-21-23-25-27-29-31-34-37-40-43-46-53(58)59-49(44-41-38-35-33-30-28-26-24-22-20-17-14-11-8-5-2)47-52(57)54-50(48-55)51(56)45-42-39-36-32-18-15-12-9-6-3/h8,11,14,17,20,22,24-28,30,33,35,49-51,55-56H,4-7,9-10,12-13,15-16,18-19,21,23,29,31-32,34,36-48H2,1-3H3,(H,54,57)/b11-8-,17-14+,22-20+,26-24-,27-25+,30-28+,35-33+. The highest BCUT2D eigenvalue weighted by Crippen LogP contribution is 2.16. The van der Waals surface area contributed by atoms with E-state index < -0.39 is 18.2 Å². The maximum Gasteiger partial charge on any atom is 0.306 e. The molecule has 0 spiro atoms. The number of esters is 1. The van der Waals surface area contributed by atoms with Crippen LogP contribution in [0.5, 0.6) is 0 Å². The molecule has 1 amide bonds. The second-order valence-electron chi connectivity index (χ2n) is 16.3. The van der Waals surface area contributed by atoms with Crippen molar-refractivity contribution >= 4 is 11.9 Å². The molecule has 0 radical (unpaired) electrons. The van der Waals surface area contributed by atoms with Crippen LogP contribution in [0.4, 0.5) is 0 Å². The predicted octanol–water partition coefficient (Wildman–Crippen LogP) is 14.4. The zero-order chi connectivity index (χ0) is 43.1. The number of unbranched alkanes of at least 4 members (excludes halogenated alkanes) is 21. The van der Waals surface area contributed by atoms with Gasteiger partial charge in [0, 0.05) is 6.42 Å². The molecular formula is C53H91NO5. The van der Waals surface area contributed by atoms with Gasteiger partial charge in [-0.25, -0.2) is 0 Å². The molecule has 3 unspecified atom stereocenters. The Morgan fingerprint density at radius 3 is 1.46 bits per heavy atom. The Balaban J connectivity index is 4.75. The number of rotatable bonds is 42. The first-order valence-electron chi connectivity index (χ1n) is 24.4. The van der Waals surface area contributed by atoms with Gasteiger partial charge >= 0.3 is 5.97 Å². The summed E-state index contributed by atoms with van der Waals surface area (Å²) in [5.41, 5.74) is 0. The van der Waals surface area contributed by atoms with E-state index in [-0.39, 0.29) is 24.9 Å². The normalized spacial score (nSPS) is 14.1. The van der Waals surface area contributed by atoms with Gasteiger partial charge in [0.05, 0.1) is 25.2 Å². The number of amides is 1. The summed E-state index contributed by atoms with van der Waals surface area (Å²) >= 11 is 0. The molecule has 0 aliphatic rings. The Hall–Kier alpha value is -2.96. The molecule has 6 heteroatoms. The highest BCUT2D eigenvalue weighted by Gasteiger charge is 2.24. The number of ether oxygens (including phenoxy) is 1. The lowest BCUT2D eigenvalue weighted by molar-refractivity contribution is -0.151. The van der Waals surface area contributed by atoms with Crippen molar-refractivity contribution in [2.45, 2.75) is 232 Å². The summed E-state index contributed by atoms with van der Waals surface area (Å²) in [7, 11) is 0. The van der Waals surface area contributed by atoms with Gasteiger partial charge in [-0.05, 0) is 64.2 Å². The lowest BCUT2D eigenvalue weighted by Gasteiger charge is -2.24. The SMILES string of the molecule is CC\C=C/C=C/C=C/C=C\C=C\C=C\CCCC(CC(=O)NC(CO)C(O)CCCCCCCCCCC)OC(=O)CCCCCCC/C=C/CCCCCCCCC. The van der Waals surface area contributed by atoms with Crippen LogP contribution in [0.15, 0.2) is 85.1 Å². The van der Waals surface area contributed by atoms with Gasteiger partial charge in [0.2, 0.25) is 5.91 Å². The van der Waals surface area contributed by atoms with Crippen LogP contribution in [0.3, 0.4) is 0 Å². The largest absolute Gasteiger partial charge is 0.462 e. The molecule has 338 valence electrons. The van der Waals surface area contributed by atoms with E-state index in [2.05, 4.69) is 50.4 Å². The van der Waals surface area contributed by atoms with Crippen molar-refractivity contribution in [2.75, 3.05) is 6.61 Å². The Kier molecular flexibility index (Phi) is 43.8. The fourth-order valence-electron chi connectivity index (χ4n) is 6.93. The van der Waals surface area contributed by atoms with Crippen molar-refractivity contribution in [3.63, 3.8) is 0 Å². The van der Waals surface area contributed by atoms with E-state index in [1.54, 1.807) is 0 Å². The van der Waals surface area contributed by atoms with Gasteiger partial charge in [-0.3, -0.25) is 9.59 Å². The van der Waals surface area contributed by atoms with Gasteiger partial charge in [0.1, 0.15) is 6.10 Å². The quantitative estimate of drug-likeness (QED) is 0.0247. The summed E-state index contributed by atoms with van der Waals surface area (Å²) in [6.07, 6.45) is 59.3. The predicted molar refractivity (Wildman–Crippen MR) is 254 cm³/mol. The summed E-state index contributed by atoms with van der Waals surface area (Å²) in [5, 5.41) is 23.6. The van der Waals surface area contributed by atoms with E-state index >= 15 is 0 Å². The third-order valence-corrected chi connectivity index (χ3v) is 10.6. The third kappa shape index (κ3) is 41.6. The summed E-state index contributed by atoms with van der Waals surface area (Å²) in [5.74, 6) is -0.566. The van der Waals surface area contributed by atoms with Crippen molar-refractivity contribution < 1.29 is 24.5 Å². The lowest BCUT2D eigenvalue weighted by atomic mass is 10.0. The third-order valence-electron chi connectivity index (χ3n) is 10.6. The number of allylic oxidation sites excluding steroid dienone is 14. The lowest BCUT2D eigenvalue weighted by Crippen LogP contribution is -2.46. The molecule has 6 nitrogen and oxygen atoms in total. The number of hydrogen-bond donors (Lipinski definition) is 3. The first kappa shape index (κ1) is 56.0. The molecule has 59 heavy (non-hydrogen) atoms. The number of carbonyl (C=O) groups excluding carboxylic acids is 2. The average Bonchev–Trinajstić information content (AvgIpc) is 3.23. The number of nitrogens with one attached hydrogen (secondary N) is 1. The summed E-state index contributed by atoms with van der Waals surface area (Å²) in [4.78, 5) is 26.0. The first-order valence-corrected chi connectivity index (χ1v) is 24.4. The minimum absolute atomic E-state index is 0.0193. The molecule has 0 aliphatic heterocycles. The average molecular weight is 822 g/mol. The molecule has 0 fully saturated rings. The molecule has 0 heterocycles. The van der Waals surface area contributed by atoms with Gasteiger partial charge in [0.15, 0.2) is 0 Å². The molecule has 3 atom stereocenters. The second kappa shape index (κ2) is 46.1. The molecule has 0 saturated carbocycles. The van der Waals surface area contributed by atoms with Crippen molar-refractivity contribution in [2.24, 2.45) is 0 Å². The van der Waals surface area contributed by atoms with Crippen molar-refractivity contribution in [3.05, 3.63) is 85.1 Å². The number of carbonyl (C=O) groups is 2. The molecule has 0 aliphatic carbocycles. The van der Waals surface area contributed by atoms with E-state index in [1.165, 1.54) is 103 Å². The second-order valence-corrected chi connectivity index (χ2v) is 16.3. The molecular weight excluding hydrogens is 731 g/mol. The molecule has 0 rings (SSSR count). The van der Waals surface area contributed by atoms with E-state index in [1.807, 2.05) is 60.8 Å². The fraction of sp³-hybridized carbons (Fsp3) is 0.698. The zero-order valence-corrected chi connectivity index (χ0v) is 38.4. The van der Waals surface area contributed by atoms with Crippen LogP contribution >= 0.6 is 0 Å². The monoisotopic (exact) mass is 822 g/mol. The van der Waals surface area contributed by atoms with Gasteiger partial charge in [-0.1, -0.05) is 221 Å². The first-order chi connectivity index (χ1) is 29.0. The van der Waals surface area contributed by atoms with Gasteiger partial charge < -0.3 is 20.3 Å². The number of aliphatic hydroxyl groups excluding tert-OH is 2. The maximum absolute atomic E-state index is 13.1. The minimum atomic E-state index is -0.811. The Morgan fingerprint density at radius 1 is 0.508 bits per heavy atom. The topological polar surface area (TPSA) is 95.9 Å². The van der Waals surface area contributed by atoms with Crippen LogP contribution in [-0.4, -0.2) is 46.9 Å². The van der Waals surface area contributed by atoms with E-state index in [4.69, 9.17) is 4.74 Å². The molecule has 0 aromatic rings. The Bertz CT molecular complexity index is 1150. The fourth-order valence-corrected chi connectivity index (χ4v) is 6.93. The Labute approximate surface area is 363 Å². The van der Waals surface area contributed by atoms with Crippen LogP contribution in [0.25, 0.3) is 0 Å². The highest BCUT2D eigenvalue weighted by atomic mass is 16.5. The summed E-state index contributed by atoms with van der Waals surface area (Å²) in [6, 6.07) is -0.729. The van der Waals surface area contributed by atoms with E-state index in [9.17, 15) is 19.8 Å². The van der Waals surface area contributed by atoms with Crippen LogP contribution in [0.1, 0.15) is 213 Å². The summed E-state index contributed by atoms with van der Waals surface area (Å²) in [6.45, 7) is 6.28. The van der Waals surface area contributed by atoms with Gasteiger partial charge in [0.25, 0.3) is 0 Å². The van der Waals surface area contributed by atoms with Crippen LogP contribution in [0, 0.1) is 0 Å². The van der Waals surface area contributed by atoms with Gasteiger partial charge in [-0.2, -0.15) is 0 Å². The van der Waals surface area contributed by atoms with E-state index in [0.29, 0.717) is 19.3 Å². The Morgan fingerprint density at radius 2 is 0.949 bits per heavy atom. The smallest absolute Gasteiger partial charge is 0.306 e. The summed E-state index contributed by atoms with van der Waals surface area (Å²) < 4.78 is 5.88. The zero-order valence-electron chi connectivity index (χ0n) is 38.4. The van der Waals surface area contributed by atoms with Crippen LogP contribution in [-0.2, 0) is 14.3 Å². The maximum atomic E-state index is 13.1. The molecule has 3 N–H and O–H groups in total. The number of hydrogen-bond acceptors (Lipinski definition) is 5. The van der Waals surface area contributed by atoms with E-state index in [0.717, 1.165) is 64.2 Å². The van der Waals surface area contributed by atoms with Gasteiger partial charge in [-0.15, -0.1) is 0 Å². The highest BCUT2D eigenvalue weighted by molar-refractivity contribution is 5.77. The molecule has 0 saturated heterocycles. The minimum Gasteiger partial charge on any atom is -0.462 e. The van der Waals surface area contributed by atoms with Crippen LogP contribution in [0.2, 0.25) is 0 Å².